The molecular formula is C22H25NO2S. The summed E-state index contributed by atoms with van der Waals surface area (Å²) in [7, 11) is 0. The van der Waals surface area contributed by atoms with Crippen LogP contribution in [0.25, 0.3) is 6.08 Å². The van der Waals surface area contributed by atoms with Crippen LogP contribution in [0.5, 0.6) is 0 Å². The molecule has 4 heteroatoms. The Bertz CT molecular complexity index is 857. The highest BCUT2D eigenvalue weighted by Crippen LogP contribution is 2.44. The fourth-order valence-electron chi connectivity index (χ4n) is 3.30. The molecule has 0 amide bonds. The number of carbonyl (C=O) groups is 1. The van der Waals surface area contributed by atoms with E-state index in [-0.39, 0.29) is 5.54 Å². The van der Waals surface area contributed by atoms with Crippen LogP contribution in [0.2, 0.25) is 0 Å². The fourth-order valence-corrected chi connectivity index (χ4v) is 4.48. The van der Waals surface area contributed by atoms with Gasteiger partial charge in [0.1, 0.15) is 0 Å². The van der Waals surface area contributed by atoms with E-state index in [2.05, 4.69) is 62.3 Å². The molecule has 1 atom stereocenters. The molecule has 1 heterocycles. The van der Waals surface area contributed by atoms with Crippen molar-refractivity contribution >= 4 is 29.7 Å². The van der Waals surface area contributed by atoms with E-state index in [0.29, 0.717) is 12.0 Å². The van der Waals surface area contributed by atoms with E-state index in [1.165, 1.54) is 5.56 Å². The van der Waals surface area contributed by atoms with Gasteiger partial charge >= 0.3 is 5.97 Å². The number of hydrogen-bond donors (Lipinski definition) is 1. The summed E-state index contributed by atoms with van der Waals surface area (Å²) in [5.41, 5.74) is 4.64. The number of hydrogen-bond acceptors (Lipinski definition) is 3. The monoisotopic (exact) mass is 367 g/mol. The Morgan fingerprint density at radius 1 is 1.19 bits per heavy atom. The largest absolute Gasteiger partial charge is 0.478 e. The van der Waals surface area contributed by atoms with Gasteiger partial charge < -0.3 is 9.41 Å². The standard InChI is InChI=1S/C22H25NO2S/c1-5-22(4)14-18(21(24)25)13-17-7-6-8-20(16(17)3)23(22)26-19-11-9-15(2)10-12-19/h6-13H,5,14H2,1-4H3,(H,24,25)/b18-13+. The Balaban J connectivity index is 2.14. The van der Waals surface area contributed by atoms with Crippen LogP contribution in [0, 0.1) is 13.8 Å². The second-order valence-electron chi connectivity index (χ2n) is 7.19. The summed E-state index contributed by atoms with van der Waals surface area (Å²) in [6, 6.07) is 14.6. The lowest BCUT2D eigenvalue weighted by Crippen LogP contribution is -2.43. The maximum atomic E-state index is 11.8. The molecule has 3 nitrogen and oxygen atoms in total. The summed E-state index contributed by atoms with van der Waals surface area (Å²) < 4.78 is 2.31. The van der Waals surface area contributed by atoms with Crippen LogP contribution in [0.3, 0.4) is 0 Å². The van der Waals surface area contributed by atoms with Gasteiger partial charge in [-0.25, -0.2) is 4.79 Å². The molecule has 0 aromatic heterocycles. The van der Waals surface area contributed by atoms with E-state index in [9.17, 15) is 9.90 Å². The molecule has 3 rings (SSSR count). The summed E-state index contributed by atoms with van der Waals surface area (Å²) in [4.78, 5) is 13.0. The van der Waals surface area contributed by atoms with E-state index in [1.54, 1.807) is 11.9 Å². The normalized spacial score (nSPS) is 21.5. The van der Waals surface area contributed by atoms with Crippen molar-refractivity contribution in [1.82, 2.24) is 0 Å². The molecule has 2 aromatic rings. The molecule has 2 aromatic carbocycles. The van der Waals surface area contributed by atoms with Crippen LogP contribution >= 0.6 is 11.9 Å². The predicted octanol–water partition coefficient (Wildman–Crippen LogP) is 5.86. The first-order valence-electron chi connectivity index (χ1n) is 8.92. The van der Waals surface area contributed by atoms with Crippen molar-refractivity contribution in [2.24, 2.45) is 0 Å². The van der Waals surface area contributed by atoms with E-state index in [0.717, 1.165) is 28.1 Å². The first kappa shape index (κ1) is 18.6. The van der Waals surface area contributed by atoms with Crippen molar-refractivity contribution in [1.29, 1.82) is 0 Å². The van der Waals surface area contributed by atoms with Gasteiger partial charge in [-0.3, -0.25) is 0 Å². The molecule has 1 aliphatic heterocycles. The zero-order valence-electron chi connectivity index (χ0n) is 15.7. The predicted molar refractivity (Wildman–Crippen MR) is 110 cm³/mol. The summed E-state index contributed by atoms with van der Waals surface area (Å²) >= 11 is 1.69. The van der Waals surface area contributed by atoms with Crippen LogP contribution < -0.4 is 4.31 Å². The van der Waals surface area contributed by atoms with Gasteiger partial charge in [0.2, 0.25) is 0 Å². The van der Waals surface area contributed by atoms with Gasteiger partial charge in [-0.1, -0.05) is 36.8 Å². The molecule has 0 saturated heterocycles. The lowest BCUT2D eigenvalue weighted by atomic mass is 9.86. The molecule has 136 valence electrons. The quantitative estimate of drug-likeness (QED) is 0.687. The van der Waals surface area contributed by atoms with Crippen molar-refractivity contribution in [3.63, 3.8) is 0 Å². The Morgan fingerprint density at radius 2 is 1.88 bits per heavy atom. The first-order chi connectivity index (χ1) is 12.3. The summed E-state index contributed by atoms with van der Waals surface area (Å²) in [6.07, 6.45) is 3.18. The van der Waals surface area contributed by atoms with E-state index in [1.807, 2.05) is 18.2 Å². The number of carboxylic acids is 1. The van der Waals surface area contributed by atoms with E-state index in [4.69, 9.17) is 0 Å². The Kier molecular flexibility index (Phi) is 5.15. The SMILES string of the molecule is CCC1(C)C/C(C(=O)O)=C\c2cccc(c2C)N1Sc1ccc(C)cc1. The van der Waals surface area contributed by atoms with Crippen LogP contribution in [-0.2, 0) is 4.79 Å². The van der Waals surface area contributed by atoms with Crippen LogP contribution in [-0.4, -0.2) is 16.6 Å². The number of fused-ring (bicyclic) bond motifs is 2. The van der Waals surface area contributed by atoms with Crippen molar-refractivity contribution in [3.8, 4) is 0 Å². The maximum absolute atomic E-state index is 11.8. The second-order valence-corrected chi connectivity index (χ2v) is 8.21. The zero-order chi connectivity index (χ0) is 18.9. The number of aryl methyl sites for hydroxylation is 1. The lowest BCUT2D eigenvalue weighted by Gasteiger charge is -2.43. The highest BCUT2D eigenvalue weighted by Gasteiger charge is 2.36. The van der Waals surface area contributed by atoms with Crippen LogP contribution in [0.4, 0.5) is 5.69 Å². The molecule has 2 bridgehead atoms. The minimum Gasteiger partial charge on any atom is -0.478 e. The highest BCUT2D eigenvalue weighted by atomic mass is 32.2. The number of aliphatic carboxylic acids is 1. The van der Waals surface area contributed by atoms with Crippen molar-refractivity contribution in [2.45, 2.75) is 51.0 Å². The summed E-state index contributed by atoms with van der Waals surface area (Å²) in [5.74, 6) is -0.836. The van der Waals surface area contributed by atoms with Gasteiger partial charge in [0.25, 0.3) is 0 Å². The summed E-state index contributed by atoms with van der Waals surface area (Å²) in [6.45, 7) is 8.44. The minimum absolute atomic E-state index is 0.302. The summed E-state index contributed by atoms with van der Waals surface area (Å²) in [5, 5.41) is 9.72. The van der Waals surface area contributed by atoms with Gasteiger partial charge in [-0.2, -0.15) is 0 Å². The topological polar surface area (TPSA) is 40.5 Å². The molecule has 1 unspecified atom stereocenters. The molecular weight excluding hydrogens is 342 g/mol. The number of benzene rings is 2. The number of anilines is 1. The molecule has 1 aliphatic rings. The maximum Gasteiger partial charge on any atom is 0.331 e. The average Bonchev–Trinajstić information content (AvgIpc) is 2.62. The minimum atomic E-state index is -0.836. The molecule has 0 saturated carbocycles. The molecule has 0 fully saturated rings. The molecule has 0 radical (unpaired) electrons. The highest BCUT2D eigenvalue weighted by molar-refractivity contribution is 8.00. The lowest BCUT2D eigenvalue weighted by molar-refractivity contribution is -0.132. The van der Waals surface area contributed by atoms with Crippen molar-refractivity contribution < 1.29 is 9.90 Å². The first-order valence-corrected chi connectivity index (χ1v) is 9.70. The van der Waals surface area contributed by atoms with Gasteiger partial charge in [-0.15, -0.1) is 0 Å². The van der Waals surface area contributed by atoms with Crippen molar-refractivity contribution in [2.75, 3.05) is 4.31 Å². The Morgan fingerprint density at radius 3 is 2.50 bits per heavy atom. The Labute approximate surface area is 159 Å². The van der Waals surface area contributed by atoms with Gasteiger partial charge in [0, 0.05) is 16.9 Å². The number of nitrogens with zero attached hydrogens (tertiary/aromatic N) is 1. The van der Waals surface area contributed by atoms with E-state index >= 15 is 0 Å². The molecule has 1 N–H and O–H groups in total. The van der Waals surface area contributed by atoms with Crippen LogP contribution in [0.1, 0.15) is 43.4 Å². The van der Waals surface area contributed by atoms with Crippen molar-refractivity contribution in [3.05, 3.63) is 64.7 Å². The average molecular weight is 368 g/mol. The fraction of sp³-hybridized carbons (Fsp3) is 0.318. The molecule has 0 spiro atoms. The zero-order valence-corrected chi connectivity index (χ0v) is 16.6. The van der Waals surface area contributed by atoms with Crippen LogP contribution in [0.15, 0.2) is 52.9 Å². The number of carboxylic acid groups (broad SMARTS) is 1. The van der Waals surface area contributed by atoms with Gasteiger partial charge in [0.15, 0.2) is 0 Å². The number of rotatable bonds is 4. The molecule has 26 heavy (non-hydrogen) atoms. The van der Waals surface area contributed by atoms with E-state index < -0.39 is 5.97 Å². The van der Waals surface area contributed by atoms with Gasteiger partial charge in [0.05, 0.1) is 11.2 Å². The molecule has 0 aliphatic carbocycles. The second kappa shape index (κ2) is 7.20. The third kappa shape index (κ3) is 3.51. The Hall–Kier alpha value is -2.20. The smallest absolute Gasteiger partial charge is 0.331 e. The third-order valence-electron chi connectivity index (χ3n) is 5.21. The van der Waals surface area contributed by atoms with Gasteiger partial charge in [-0.05, 0) is 74.5 Å². The third-order valence-corrected chi connectivity index (χ3v) is 6.51.